The molecule has 134 valence electrons. The quantitative estimate of drug-likeness (QED) is 0.735. The number of anilines is 2. The first kappa shape index (κ1) is 17.1. The summed E-state index contributed by atoms with van der Waals surface area (Å²) in [7, 11) is 0. The van der Waals surface area contributed by atoms with Gasteiger partial charge in [-0.05, 0) is 44.9 Å². The zero-order chi connectivity index (χ0) is 17.9. The summed E-state index contributed by atoms with van der Waals surface area (Å²) in [5, 5.41) is 3.35. The summed E-state index contributed by atoms with van der Waals surface area (Å²) < 4.78 is 0. The molecule has 0 spiro atoms. The Labute approximate surface area is 157 Å². The minimum Gasteiger partial charge on any atom is -0.325 e. The smallest absolute Gasteiger partial charge is 0.135 e. The van der Waals surface area contributed by atoms with Crippen LogP contribution >= 0.6 is 11.3 Å². The number of hydrogen-bond acceptors (Lipinski definition) is 7. The number of nitrogens with zero attached hydrogens (tertiary/aromatic N) is 5. The van der Waals surface area contributed by atoms with Gasteiger partial charge in [-0.3, -0.25) is 9.88 Å². The molecule has 6 nitrogen and oxygen atoms in total. The Morgan fingerprint density at radius 3 is 3.04 bits per heavy atom. The number of aromatic nitrogens is 4. The molecular formula is C19H22N6S. The van der Waals surface area contributed by atoms with Gasteiger partial charge < -0.3 is 5.32 Å². The largest absolute Gasteiger partial charge is 0.325 e. The third-order valence-electron chi connectivity index (χ3n) is 4.66. The van der Waals surface area contributed by atoms with E-state index in [-0.39, 0.29) is 0 Å². The van der Waals surface area contributed by atoms with Crippen LogP contribution in [0.2, 0.25) is 0 Å². The Hall–Kier alpha value is -2.38. The van der Waals surface area contributed by atoms with E-state index in [2.05, 4.69) is 31.2 Å². The topological polar surface area (TPSA) is 66.8 Å². The van der Waals surface area contributed by atoms with Crippen molar-refractivity contribution in [2.24, 2.45) is 0 Å². The zero-order valence-electron chi connectivity index (χ0n) is 15.0. The molecule has 0 saturated carbocycles. The highest BCUT2D eigenvalue weighted by Gasteiger charge is 2.28. The van der Waals surface area contributed by atoms with Crippen molar-refractivity contribution in [3.8, 4) is 0 Å². The molecule has 0 bridgehead atoms. The minimum absolute atomic E-state index is 0.323. The molecule has 4 heterocycles. The van der Waals surface area contributed by atoms with E-state index < -0.39 is 0 Å². The highest BCUT2D eigenvalue weighted by atomic mass is 32.1. The molecule has 0 unspecified atom stereocenters. The van der Waals surface area contributed by atoms with Crippen LogP contribution in [-0.4, -0.2) is 31.4 Å². The van der Waals surface area contributed by atoms with E-state index in [0.29, 0.717) is 6.04 Å². The first-order chi connectivity index (χ1) is 12.7. The van der Waals surface area contributed by atoms with Gasteiger partial charge in [-0.2, -0.15) is 0 Å². The lowest BCUT2D eigenvalue weighted by molar-refractivity contribution is 0.246. The van der Waals surface area contributed by atoms with Crippen LogP contribution in [0, 0.1) is 13.8 Å². The molecule has 7 heteroatoms. The second kappa shape index (κ2) is 7.47. The number of hydrogen-bond donors (Lipinski definition) is 1. The van der Waals surface area contributed by atoms with Crippen LogP contribution in [0.25, 0.3) is 0 Å². The first-order valence-electron chi connectivity index (χ1n) is 8.84. The maximum absolute atomic E-state index is 4.73. The van der Waals surface area contributed by atoms with E-state index in [1.807, 2.05) is 37.7 Å². The van der Waals surface area contributed by atoms with Gasteiger partial charge in [0, 0.05) is 29.9 Å². The average Bonchev–Trinajstić information content (AvgIpc) is 3.29. The summed E-state index contributed by atoms with van der Waals surface area (Å²) in [6, 6.07) is 6.37. The van der Waals surface area contributed by atoms with Gasteiger partial charge >= 0.3 is 0 Å². The minimum atomic E-state index is 0.323. The van der Waals surface area contributed by atoms with Gasteiger partial charge in [-0.25, -0.2) is 15.0 Å². The van der Waals surface area contributed by atoms with Gasteiger partial charge in [0.1, 0.15) is 17.5 Å². The SMILES string of the molecule is Cc1nc(Nc2ncccc2C)cc([C@@H]2CCCN2Cc2cncs2)n1. The Morgan fingerprint density at radius 2 is 2.23 bits per heavy atom. The maximum Gasteiger partial charge on any atom is 0.135 e. The number of likely N-dealkylation sites (tertiary alicyclic amines) is 1. The van der Waals surface area contributed by atoms with E-state index in [0.717, 1.165) is 48.2 Å². The third-order valence-corrected chi connectivity index (χ3v) is 5.43. The third kappa shape index (κ3) is 3.73. The highest BCUT2D eigenvalue weighted by Crippen LogP contribution is 2.33. The molecular weight excluding hydrogens is 344 g/mol. The fraction of sp³-hybridized carbons (Fsp3) is 0.368. The predicted octanol–water partition coefficient (Wildman–Crippen LogP) is 4.03. The Balaban J connectivity index is 1.58. The summed E-state index contributed by atoms with van der Waals surface area (Å²) in [6.45, 7) is 6.01. The van der Waals surface area contributed by atoms with Crippen LogP contribution < -0.4 is 5.32 Å². The molecule has 3 aromatic heterocycles. The summed E-state index contributed by atoms with van der Waals surface area (Å²) >= 11 is 1.71. The standard InChI is InChI=1S/C19H22N6S/c1-13-5-3-7-21-19(13)24-18-9-16(22-14(2)23-18)17-6-4-8-25(17)11-15-10-20-12-26-15/h3,5,7,9-10,12,17H,4,6,8,11H2,1-2H3,(H,21,22,23,24)/t17-/m0/s1. The van der Waals surface area contributed by atoms with Gasteiger partial charge in [-0.1, -0.05) is 6.07 Å². The van der Waals surface area contributed by atoms with Crippen LogP contribution in [0.4, 0.5) is 11.6 Å². The lowest BCUT2D eigenvalue weighted by Gasteiger charge is -2.24. The van der Waals surface area contributed by atoms with Gasteiger partial charge in [0.2, 0.25) is 0 Å². The fourth-order valence-electron chi connectivity index (χ4n) is 3.43. The molecule has 0 radical (unpaired) electrons. The van der Waals surface area contributed by atoms with Crippen LogP contribution in [-0.2, 0) is 6.54 Å². The summed E-state index contributed by atoms with van der Waals surface area (Å²) in [5.74, 6) is 2.42. The molecule has 26 heavy (non-hydrogen) atoms. The van der Waals surface area contributed by atoms with Gasteiger partial charge in [0.15, 0.2) is 0 Å². The van der Waals surface area contributed by atoms with Crippen LogP contribution in [0.3, 0.4) is 0 Å². The molecule has 4 rings (SSSR count). The number of nitrogens with one attached hydrogen (secondary N) is 1. The van der Waals surface area contributed by atoms with Crippen LogP contribution in [0.15, 0.2) is 36.1 Å². The number of rotatable bonds is 5. The van der Waals surface area contributed by atoms with Crippen molar-refractivity contribution < 1.29 is 0 Å². The monoisotopic (exact) mass is 366 g/mol. The predicted molar refractivity (Wildman–Crippen MR) is 104 cm³/mol. The fourth-order valence-corrected chi connectivity index (χ4v) is 4.05. The molecule has 0 amide bonds. The van der Waals surface area contributed by atoms with E-state index in [1.165, 1.54) is 11.3 Å². The normalized spacial score (nSPS) is 17.5. The Kier molecular flexibility index (Phi) is 4.90. The summed E-state index contributed by atoms with van der Waals surface area (Å²) in [5.41, 5.74) is 4.07. The molecule has 1 N–H and O–H groups in total. The molecule has 1 aliphatic heterocycles. The van der Waals surface area contributed by atoms with E-state index >= 15 is 0 Å². The molecule has 0 aliphatic carbocycles. The first-order valence-corrected chi connectivity index (χ1v) is 9.72. The molecule has 1 saturated heterocycles. The second-order valence-electron chi connectivity index (χ2n) is 6.62. The lowest BCUT2D eigenvalue weighted by atomic mass is 10.1. The Morgan fingerprint density at radius 1 is 1.31 bits per heavy atom. The molecule has 3 aromatic rings. The van der Waals surface area contributed by atoms with Crippen LogP contribution in [0.1, 0.15) is 40.8 Å². The van der Waals surface area contributed by atoms with Crippen molar-refractivity contribution in [3.05, 3.63) is 58.1 Å². The van der Waals surface area contributed by atoms with E-state index in [9.17, 15) is 0 Å². The number of aryl methyl sites for hydroxylation is 2. The lowest BCUT2D eigenvalue weighted by Crippen LogP contribution is -2.23. The van der Waals surface area contributed by atoms with E-state index in [4.69, 9.17) is 4.98 Å². The van der Waals surface area contributed by atoms with E-state index in [1.54, 1.807) is 17.5 Å². The number of thiazole rings is 1. The highest BCUT2D eigenvalue weighted by molar-refractivity contribution is 7.09. The van der Waals surface area contributed by atoms with Crippen molar-refractivity contribution in [2.75, 3.05) is 11.9 Å². The second-order valence-corrected chi connectivity index (χ2v) is 7.59. The van der Waals surface area contributed by atoms with Crippen molar-refractivity contribution in [1.29, 1.82) is 0 Å². The van der Waals surface area contributed by atoms with Gasteiger partial charge in [0.25, 0.3) is 0 Å². The molecule has 1 fully saturated rings. The van der Waals surface area contributed by atoms with Crippen molar-refractivity contribution >= 4 is 23.0 Å². The maximum atomic E-state index is 4.73. The van der Waals surface area contributed by atoms with Crippen molar-refractivity contribution in [2.45, 2.75) is 39.3 Å². The van der Waals surface area contributed by atoms with Gasteiger partial charge in [0.05, 0.1) is 17.2 Å². The zero-order valence-corrected chi connectivity index (χ0v) is 15.8. The van der Waals surface area contributed by atoms with Gasteiger partial charge in [-0.15, -0.1) is 11.3 Å². The molecule has 0 aromatic carbocycles. The molecule has 1 atom stereocenters. The van der Waals surface area contributed by atoms with Crippen LogP contribution in [0.5, 0.6) is 0 Å². The average molecular weight is 366 g/mol. The summed E-state index contributed by atoms with van der Waals surface area (Å²) in [4.78, 5) is 21.7. The summed E-state index contributed by atoms with van der Waals surface area (Å²) in [6.07, 6.45) is 6.06. The van der Waals surface area contributed by atoms with Crippen molar-refractivity contribution in [3.63, 3.8) is 0 Å². The molecule has 1 aliphatic rings. The number of pyridine rings is 1. The Bertz CT molecular complexity index is 879. The van der Waals surface area contributed by atoms with Crippen molar-refractivity contribution in [1.82, 2.24) is 24.8 Å².